The second-order valence-electron chi connectivity index (χ2n) is 4.25. The molecule has 1 aliphatic rings. The number of rotatable bonds is 6. The molecule has 17 heavy (non-hydrogen) atoms. The van der Waals surface area contributed by atoms with E-state index in [0.717, 1.165) is 24.4 Å². The highest BCUT2D eigenvalue weighted by Crippen LogP contribution is 2.29. The van der Waals surface area contributed by atoms with Crippen molar-refractivity contribution >= 4 is 17.6 Å². The van der Waals surface area contributed by atoms with Crippen LogP contribution in [0, 0.1) is 5.92 Å². The predicted molar refractivity (Wildman–Crippen MR) is 66.8 cm³/mol. The van der Waals surface area contributed by atoms with Crippen LogP contribution in [0.2, 0.25) is 5.02 Å². The summed E-state index contributed by atoms with van der Waals surface area (Å²) in [6, 6.07) is 7.69. The van der Waals surface area contributed by atoms with Gasteiger partial charge in [0.05, 0.1) is 5.92 Å². The lowest BCUT2D eigenvalue weighted by molar-refractivity contribution is -0.145. The minimum atomic E-state index is -0.0432. The zero-order chi connectivity index (χ0) is 12.1. The highest BCUT2D eigenvalue weighted by molar-refractivity contribution is 6.30. The van der Waals surface area contributed by atoms with Crippen LogP contribution < -0.4 is 5.32 Å². The zero-order valence-corrected chi connectivity index (χ0v) is 10.4. The van der Waals surface area contributed by atoms with Crippen LogP contribution in [-0.2, 0) is 16.1 Å². The van der Waals surface area contributed by atoms with E-state index in [1.165, 1.54) is 5.56 Å². The first kappa shape index (κ1) is 12.4. The molecule has 2 rings (SSSR count). The zero-order valence-electron chi connectivity index (χ0n) is 9.62. The maximum absolute atomic E-state index is 11.2. The Morgan fingerprint density at radius 3 is 2.71 bits per heavy atom. The monoisotopic (exact) mass is 253 g/mol. The molecular weight excluding hydrogens is 238 g/mol. The van der Waals surface area contributed by atoms with E-state index in [1.807, 2.05) is 24.3 Å². The molecule has 0 saturated heterocycles. The van der Waals surface area contributed by atoms with E-state index in [4.69, 9.17) is 16.3 Å². The van der Waals surface area contributed by atoms with E-state index in [2.05, 4.69) is 5.32 Å². The van der Waals surface area contributed by atoms with Crippen molar-refractivity contribution in [3.63, 3.8) is 0 Å². The van der Waals surface area contributed by atoms with E-state index in [1.54, 1.807) is 0 Å². The normalized spacial score (nSPS) is 14.6. The molecule has 0 amide bonds. The SMILES string of the molecule is O=C(OCCNCc1ccc(Cl)cc1)C1CC1. The standard InChI is InChI=1S/C13H16ClNO2/c14-12-5-1-10(2-6-12)9-15-7-8-17-13(16)11-3-4-11/h1-2,5-6,11,15H,3-4,7-9H2. The van der Waals surface area contributed by atoms with Gasteiger partial charge in [-0.25, -0.2) is 0 Å². The number of carbonyl (C=O) groups excluding carboxylic acids is 1. The lowest BCUT2D eigenvalue weighted by atomic mass is 10.2. The van der Waals surface area contributed by atoms with Gasteiger partial charge in [-0.15, -0.1) is 0 Å². The number of ether oxygens (including phenoxy) is 1. The first-order valence-electron chi connectivity index (χ1n) is 5.87. The van der Waals surface area contributed by atoms with Gasteiger partial charge in [-0.3, -0.25) is 4.79 Å². The molecule has 0 heterocycles. The Kier molecular flexibility index (Phi) is 4.40. The molecule has 4 heteroatoms. The summed E-state index contributed by atoms with van der Waals surface area (Å²) >= 11 is 5.79. The molecule has 1 fully saturated rings. The maximum Gasteiger partial charge on any atom is 0.308 e. The summed E-state index contributed by atoms with van der Waals surface area (Å²) in [4.78, 5) is 11.2. The van der Waals surface area contributed by atoms with Gasteiger partial charge in [0.1, 0.15) is 6.61 Å². The Hall–Kier alpha value is -1.06. The molecule has 1 aromatic carbocycles. The highest BCUT2D eigenvalue weighted by atomic mass is 35.5. The number of hydrogen-bond acceptors (Lipinski definition) is 3. The lowest BCUT2D eigenvalue weighted by Gasteiger charge is -2.06. The third-order valence-electron chi connectivity index (χ3n) is 2.68. The average molecular weight is 254 g/mol. The van der Waals surface area contributed by atoms with Gasteiger partial charge in [0, 0.05) is 18.1 Å². The van der Waals surface area contributed by atoms with Crippen molar-refractivity contribution in [3.05, 3.63) is 34.9 Å². The Balaban J connectivity index is 1.56. The molecule has 0 unspecified atom stereocenters. The Morgan fingerprint density at radius 1 is 1.35 bits per heavy atom. The second-order valence-corrected chi connectivity index (χ2v) is 4.68. The molecule has 0 aromatic heterocycles. The van der Waals surface area contributed by atoms with Crippen LogP contribution in [0.4, 0.5) is 0 Å². The molecule has 1 N–H and O–H groups in total. The lowest BCUT2D eigenvalue weighted by Crippen LogP contribution is -2.21. The molecule has 0 bridgehead atoms. The van der Waals surface area contributed by atoms with Crippen molar-refractivity contribution in [1.29, 1.82) is 0 Å². The van der Waals surface area contributed by atoms with Gasteiger partial charge < -0.3 is 10.1 Å². The highest BCUT2D eigenvalue weighted by Gasteiger charge is 2.30. The average Bonchev–Trinajstić information content (AvgIpc) is 3.15. The van der Waals surface area contributed by atoms with Crippen LogP contribution in [0.3, 0.4) is 0 Å². The maximum atomic E-state index is 11.2. The third-order valence-corrected chi connectivity index (χ3v) is 2.93. The minimum Gasteiger partial charge on any atom is -0.464 e. The number of benzene rings is 1. The Labute approximate surface area is 106 Å². The van der Waals surface area contributed by atoms with Crippen molar-refractivity contribution in [1.82, 2.24) is 5.32 Å². The molecule has 1 aromatic rings. The van der Waals surface area contributed by atoms with E-state index in [-0.39, 0.29) is 11.9 Å². The van der Waals surface area contributed by atoms with Crippen molar-refractivity contribution in [2.75, 3.05) is 13.2 Å². The summed E-state index contributed by atoms with van der Waals surface area (Å²) in [5.74, 6) is 0.143. The van der Waals surface area contributed by atoms with Crippen molar-refractivity contribution in [2.24, 2.45) is 5.92 Å². The number of carbonyl (C=O) groups is 1. The fourth-order valence-corrected chi connectivity index (χ4v) is 1.62. The van der Waals surface area contributed by atoms with Gasteiger partial charge >= 0.3 is 5.97 Å². The van der Waals surface area contributed by atoms with Gasteiger partial charge in [0.25, 0.3) is 0 Å². The quantitative estimate of drug-likeness (QED) is 0.625. The Bertz CT molecular complexity index is 374. The molecule has 1 saturated carbocycles. The molecule has 92 valence electrons. The van der Waals surface area contributed by atoms with Crippen LogP contribution in [0.25, 0.3) is 0 Å². The van der Waals surface area contributed by atoms with Crippen molar-refractivity contribution in [2.45, 2.75) is 19.4 Å². The molecule has 0 atom stereocenters. The number of esters is 1. The van der Waals surface area contributed by atoms with Crippen LogP contribution in [0.15, 0.2) is 24.3 Å². The van der Waals surface area contributed by atoms with Gasteiger partial charge in [-0.2, -0.15) is 0 Å². The Morgan fingerprint density at radius 2 is 2.06 bits per heavy atom. The molecule has 0 radical (unpaired) electrons. The summed E-state index contributed by atoms with van der Waals surface area (Å²) in [6.07, 6.45) is 1.99. The number of hydrogen-bond donors (Lipinski definition) is 1. The van der Waals surface area contributed by atoms with E-state index >= 15 is 0 Å². The first-order chi connectivity index (χ1) is 8.25. The molecule has 1 aliphatic carbocycles. The van der Waals surface area contributed by atoms with Gasteiger partial charge in [-0.05, 0) is 30.5 Å². The summed E-state index contributed by atoms with van der Waals surface area (Å²) < 4.78 is 5.10. The fraction of sp³-hybridized carbons (Fsp3) is 0.462. The number of nitrogens with one attached hydrogen (secondary N) is 1. The predicted octanol–water partition coefficient (Wildman–Crippen LogP) is 2.38. The number of halogens is 1. The topological polar surface area (TPSA) is 38.3 Å². The second kappa shape index (κ2) is 6.03. The van der Waals surface area contributed by atoms with Crippen LogP contribution in [-0.4, -0.2) is 19.1 Å². The summed E-state index contributed by atoms with van der Waals surface area (Å²) in [5, 5.41) is 3.96. The van der Waals surface area contributed by atoms with E-state index in [9.17, 15) is 4.79 Å². The minimum absolute atomic E-state index is 0.0432. The van der Waals surface area contributed by atoms with Crippen LogP contribution in [0.1, 0.15) is 18.4 Å². The molecule has 0 spiro atoms. The van der Waals surface area contributed by atoms with Crippen LogP contribution in [0.5, 0.6) is 0 Å². The summed E-state index contributed by atoms with van der Waals surface area (Å²) in [6.45, 7) is 1.89. The summed E-state index contributed by atoms with van der Waals surface area (Å²) in [5.41, 5.74) is 1.17. The molecular formula is C13H16ClNO2. The molecule has 0 aliphatic heterocycles. The van der Waals surface area contributed by atoms with Crippen molar-refractivity contribution in [3.8, 4) is 0 Å². The van der Waals surface area contributed by atoms with E-state index in [0.29, 0.717) is 13.2 Å². The summed E-state index contributed by atoms with van der Waals surface area (Å²) in [7, 11) is 0. The van der Waals surface area contributed by atoms with Crippen molar-refractivity contribution < 1.29 is 9.53 Å². The van der Waals surface area contributed by atoms with Gasteiger partial charge in [-0.1, -0.05) is 23.7 Å². The first-order valence-corrected chi connectivity index (χ1v) is 6.25. The van der Waals surface area contributed by atoms with Crippen LogP contribution >= 0.6 is 11.6 Å². The smallest absolute Gasteiger partial charge is 0.308 e. The molecule has 3 nitrogen and oxygen atoms in total. The fourth-order valence-electron chi connectivity index (χ4n) is 1.50. The third kappa shape index (κ3) is 4.36. The van der Waals surface area contributed by atoms with Gasteiger partial charge in [0.15, 0.2) is 0 Å². The van der Waals surface area contributed by atoms with E-state index < -0.39 is 0 Å². The van der Waals surface area contributed by atoms with Gasteiger partial charge in [0.2, 0.25) is 0 Å². The largest absolute Gasteiger partial charge is 0.464 e.